The third-order valence-electron chi connectivity index (χ3n) is 4.18. The van der Waals surface area contributed by atoms with Gasteiger partial charge in [0, 0.05) is 23.9 Å². The summed E-state index contributed by atoms with van der Waals surface area (Å²) in [6.07, 6.45) is 5.98. The zero-order valence-corrected chi connectivity index (χ0v) is 13.2. The van der Waals surface area contributed by atoms with Crippen molar-refractivity contribution in [3.63, 3.8) is 0 Å². The standard InChI is InChI=1S/C16H21N5O2/c1-2-5-12-8-11(9-14(22)19-12)16(23)21-7-4-3-6-13(21)15-17-10-18-20-15/h8-10,13H,2-7H2,1H3,(H,19,22)(H,17,18,20). The number of aryl methyl sites for hydroxylation is 1. The molecular weight excluding hydrogens is 294 g/mol. The first-order valence-electron chi connectivity index (χ1n) is 8.08. The number of likely N-dealkylation sites (tertiary alicyclic amines) is 1. The highest BCUT2D eigenvalue weighted by molar-refractivity contribution is 5.94. The number of H-pyrrole nitrogens is 2. The molecule has 3 heterocycles. The summed E-state index contributed by atoms with van der Waals surface area (Å²) in [6, 6.07) is 3.07. The van der Waals surface area contributed by atoms with Crippen molar-refractivity contribution >= 4 is 5.91 Å². The van der Waals surface area contributed by atoms with Gasteiger partial charge in [-0.05, 0) is 31.7 Å². The number of nitrogens with zero attached hydrogens (tertiary/aromatic N) is 3. The summed E-state index contributed by atoms with van der Waals surface area (Å²) in [7, 11) is 0. The van der Waals surface area contributed by atoms with Crippen LogP contribution in [0.5, 0.6) is 0 Å². The van der Waals surface area contributed by atoms with Crippen LogP contribution in [0.2, 0.25) is 0 Å². The van der Waals surface area contributed by atoms with Gasteiger partial charge in [-0.25, -0.2) is 4.98 Å². The molecule has 7 nitrogen and oxygen atoms in total. The highest BCUT2D eigenvalue weighted by Crippen LogP contribution is 2.29. The van der Waals surface area contributed by atoms with Crippen LogP contribution in [0.25, 0.3) is 0 Å². The van der Waals surface area contributed by atoms with Gasteiger partial charge in [0.05, 0.1) is 6.04 Å². The number of pyridine rings is 1. The predicted molar refractivity (Wildman–Crippen MR) is 85.1 cm³/mol. The zero-order chi connectivity index (χ0) is 16.2. The lowest BCUT2D eigenvalue weighted by Gasteiger charge is -2.34. The molecule has 3 rings (SSSR count). The number of carbonyl (C=O) groups excluding carboxylic acids is 1. The second-order valence-corrected chi connectivity index (χ2v) is 5.89. The Morgan fingerprint density at radius 2 is 2.26 bits per heavy atom. The largest absolute Gasteiger partial charge is 0.328 e. The zero-order valence-electron chi connectivity index (χ0n) is 13.2. The Balaban J connectivity index is 1.90. The molecule has 1 aliphatic heterocycles. The minimum atomic E-state index is -0.229. The summed E-state index contributed by atoms with van der Waals surface area (Å²) in [5, 5.41) is 6.75. The second-order valence-electron chi connectivity index (χ2n) is 5.89. The molecule has 1 aliphatic rings. The Bertz CT molecular complexity index is 722. The quantitative estimate of drug-likeness (QED) is 0.899. The van der Waals surface area contributed by atoms with Gasteiger partial charge in [-0.15, -0.1) is 0 Å². The van der Waals surface area contributed by atoms with E-state index in [1.54, 1.807) is 11.0 Å². The Morgan fingerprint density at radius 3 is 3.00 bits per heavy atom. The van der Waals surface area contributed by atoms with Gasteiger partial charge < -0.3 is 9.88 Å². The molecule has 1 unspecified atom stereocenters. The minimum absolute atomic E-state index is 0.104. The topological polar surface area (TPSA) is 94.7 Å². The smallest absolute Gasteiger partial charge is 0.254 e. The fourth-order valence-corrected chi connectivity index (χ4v) is 3.13. The van der Waals surface area contributed by atoms with Crippen molar-refractivity contribution in [2.75, 3.05) is 6.54 Å². The molecule has 1 atom stereocenters. The molecule has 122 valence electrons. The van der Waals surface area contributed by atoms with E-state index in [1.165, 1.54) is 12.4 Å². The lowest BCUT2D eigenvalue weighted by molar-refractivity contribution is 0.0600. The number of rotatable bonds is 4. The summed E-state index contributed by atoms with van der Waals surface area (Å²) in [4.78, 5) is 33.5. The SMILES string of the molecule is CCCc1cc(C(=O)N2CCCCC2c2ncn[nH]2)cc(=O)[nH]1. The van der Waals surface area contributed by atoms with E-state index in [2.05, 4.69) is 20.2 Å². The molecule has 7 heteroatoms. The third kappa shape index (κ3) is 3.33. The summed E-state index contributed by atoms with van der Waals surface area (Å²) < 4.78 is 0. The van der Waals surface area contributed by atoms with Crippen LogP contribution < -0.4 is 5.56 Å². The molecule has 0 aliphatic carbocycles. The van der Waals surface area contributed by atoms with Crippen molar-refractivity contribution in [3.8, 4) is 0 Å². The summed E-state index contributed by atoms with van der Waals surface area (Å²) in [5.41, 5.74) is 1.02. The summed E-state index contributed by atoms with van der Waals surface area (Å²) >= 11 is 0. The summed E-state index contributed by atoms with van der Waals surface area (Å²) in [5.74, 6) is 0.589. The van der Waals surface area contributed by atoms with Gasteiger partial charge in [-0.1, -0.05) is 13.3 Å². The first-order valence-corrected chi connectivity index (χ1v) is 8.08. The van der Waals surface area contributed by atoms with Crippen molar-refractivity contribution in [2.45, 2.75) is 45.1 Å². The van der Waals surface area contributed by atoms with E-state index in [-0.39, 0.29) is 17.5 Å². The lowest BCUT2D eigenvalue weighted by atomic mass is 10.00. The third-order valence-corrected chi connectivity index (χ3v) is 4.18. The Kier molecular flexibility index (Phi) is 4.55. The monoisotopic (exact) mass is 315 g/mol. The Labute approximate surface area is 134 Å². The fourth-order valence-electron chi connectivity index (χ4n) is 3.13. The van der Waals surface area contributed by atoms with E-state index >= 15 is 0 Å². The molecule has 1 amide bonds. The molecule has 2 aromatic rings. The van der Waals surface area contributed by atoms with E-state index in [1.807, 2.05) is 6.92 Å². The number of carbonyl (C=O) groups is 1. The lowest BCUT2D eigenvalue weighted by Crippen LogP contribution is -2.39. The molecular formula is C16H21N5O2. The maximum atomic E-state index is 12.9. The maximum absolute atomic E-state index is 12.9. The van der Waals surface area contributed by atoms with Gasteiger partial charge in [-0.2, -0.15) is 5.10 Å². The Morgan fingerprint density at radius 1 is 1.39 bits per heavy atom. The van der Waals surface area contributed by atoms with Gasteiger partial charge in [0.2, 0.25) is 5.56 Å². The van der Waals surface area contributed by atoms with Crippen molar-refractivity contribution in [1.29, 1.82) is 0 Å². The average molecular weight is 315 g/mol. The molecule has 1 fully saturated rings. The minimum Gasteiger partial charge on any atom is -0.328 e. The van der Waals surface area contributed by atoms with Crippen LogP contribution >= 0.6 is 0 Å². The van der Waals surface area contributed by atoms with Gasteiger partial charge in [-0.3, -0.25) is 14.7 Å². The normalized spacial score (nSPS) is 18.1. The van der Waals surface area contributed by atoms with E-state index in [9.17, 15) is 9.59 Å². The Hall–Kier alpha value is -2.44. The van der Waals surface area contributed by atoms with Crippen LogP contribution in [0.3, 0.4) is 0 Å². The first-order chi connectivity index (χ1) is 11.2. The van der Waals surface area contributed by atoms with Crippen molar-refractivity contribution in [3.05, 3.63) is 45.9 Å². The van der Waals surface area contributed by atoms with Crippen LogP contribution in [-0.2, 0) is 6.42 Å². The number of aromatic nitrogens is 4. The second kappa shape index (κ2) is 6.76. The molecule has 0 saturated carbocycles. The molecule has 2 N–H and O–H groups in total. The van der Waals surface area contributed by atoms with Crippen LogP contribution in [0.15, 0.2) is 23.3 Å². The van der Waals surface area contributed by atoms with E-state index in [4.69, 9.17) is 0 Å². The van der Waals surface area contributed by atoms with Crippen LogP contribution in [0, 0.1) is 0 Å². The summed E-state index contributed by atoms with van der Waals surface area (Å²) in [6.45, 7) is 2.71. The van der Waals surface area contributed by atoms with E-state index in [0.29, 0.717) is 17.9 Å². The number of hydrogen-bond acceptors (Lipinski definition) is 4. The van der Waals surface area contributed by atoms with Gasteiger partial charge in [0.15, 0.2) is 0 Å². The molecule has 0 radical (unpaired) electrons. The fraction of sp³-hybridized carbons (Fsp3) is 0.500. The number of piperidine rings is 1. The predicted octanol–water partition coefficient (Wildman–Crippen LogP) is 1.81. The highest BCUT2D eigenvalue weighted by Gasteiger charge is 2.30. The number of nitrogens with one attached hydrogen (secondary N) is 2. The molecule has 0 spiro atoms. The number of hydrogen-bond donors (Lipinski definition) is 2. The first kappa shape index (κ1) is 15.5. The molecule has 2 aromatic heterocycles. The van der Waals surface area contributed by atoms with Crippen LogP contribution in [0.1, 0.15) is 60.5 Å². The van der Waals surface area contributed by atoms with Gasteiger partial charge >= 0.3 is 0 Å². The average Bonchev–Trinajstić information content (AvgIpc) is 3.08. The van der Waals surface area contributed by atoms with Crippen molar-refractivity contribution in [2.24, 2.45) is 0 Å². The van der Waals surface area contributed by atoms with Crippen LogP contribution in [-0.4, -0.2) is 37.5 Å². The van der Waals surface area contributed by atoms with Crippen molar-refractivity contribution < 1.29 is 4.79 Å². The van der Waals surface area contributed by atoms with Gasteiger partial charge in [0.1, 0.15) is 12.2 Å². The molecule has 0 bridgehead atoms. The molecule has 23 heavy (non-hydrogen) atoms. The number of aromatic amines is 2. The van der Waals surface area contributed by atoms with Gasteiger partial charge in [0.25, 0.3) is 5.91 Å². The van der Waals surface area contributed by atoms with E-state index < -0.39 is 0 Å². The molecule has 0 aromatic carbocycles. The van der Waals surface area contributed by atoms with Crippen LogP contribution in [0.4, 0.5) is 0 Å². The highest BCUT2D eigenvalue weighted by atomic mass is 16.2. The van der Waals surface area contributed by atoms with E-state index in [0.717, 1.165) is 37.8 Å². The molecule has 1 saturated heterocycles. The maximum Gasteiger partial charge on any atom is 0.254 e. The van der Waals surface area contributed by atoms with Crippen molar-refractivity contribution in [1.82, 2.24) is 25.1 Å². The number of amides is 1.